The summed E-state index contributed by atoms with van der Waals surface area (Å²) >= 11 is 0. The Kier molecular flexibility index (Phi) is 1.87. The molecule has 0 saturated heterocycles. The van der Waals surface area contributed by atoms with E-state index in [1.54, 1.807) is 0 Å². The molecule has 0 amide bonds. The molecule has 1 nitrogen and oxygen atoms in total. The number of rotatable bonds is 1. The van der Waals surface area contributed by atoms with Crippen molar-refractivity contribution in [2.45, 2.75) is 38.5 Å². The molecule has 0 aliphatic heterocycles. The largest absolute Gasteiger partial charge is 0.303 e. The van der Waals surface area contributed by atoms with Crippen LogP contribution in [0.25, 0.3) is 0 Å². The highest BCUT2D eigenvalue weighted by Gasteiger charge is 2.55. The van der Waals surface area contributed by atoms with Crippen LogP contribution in [0.3, 0.4) is 0 Å². The maximum absolute atomic E-state index is 10.8. The van der Waals surface area contributed by atoms with Crippen LogP contribution < -0.4 is 0 Å². The van der Waals surface area contributed by atoms with Crippen molar-refractivity contribution in [3.8, 4) is 0 Å². The molecule has 2 aliphatic carbocycles. The monoisotopic (exact) mass is 214 g/mol. The lowest BCUT2D eigenvalue weighted by atomic mass is 9.85. The summed E-state index contributed by atoms with van der Waals surface area (Å²) in [5, 5.41) is 0. The number of fused-ring (bicyclic) bond motifs is 3. The second kappa shape index (κ2) is 2.97. The Hall–Kier alpha value is -1.11. The van der Waals surface area contributed by atoms with Gasteiger partial charge in [0.2, 0.25) is 0 Å². The van der Waals surface area contributed by atoms with Crippen LogP contribution in [0.15, 0.2) is 18.2 Å². The maximum atomic E-state index is 10.8. The fourth-order valence-electron chi connectivity index (χ4n) is 3.12. The maximum Gasteiger partial charge on any atom is 0.124 e. The topological polar surface area (TPSA) is 17.1 Å². The van der Waals surface area contributed by atoms with Crippen LogP contribution in [-0.2, 0) is 16.6 Å². The van der Waals surface area contributed by atoms with E-state index < -0.39 is 0 Å². The fraction of sp³-hybridized carbons (Fsp3) is 0.533. The Morgan fingerprint density at radius 1 is 1.31 bits per heavy atom. The van der Waals surface area contributed by atoms with Crippen molar-refractivity contribution >= 4 is 6.29 Å². The molecule has 0 heterocycles. The second-order valence-corrected chi connectivity index (χ2v) is 6.27. The lowest BCUT2D eigenvalue weighted by Crippen LogP contribution is -2.11. The number of benzene rings is 1. The molecule has 0 spiro atoms. The third-order valence-corrected chi connectivity index (χ3v) is 4.21. The Labute approximate surface area is 96.9 Å². The molecule has 1 aromatic rings. The summed E-state index contributed by atoms with van der Waals surface area (Å²) in [6.07, 6.45) is 2.27. The molecule has 1 saturated carbocycles. The van der Waals surface area contributed by atoms with Crippen LogP contribution in [0.5, 0.6) is 0 Å². The summed E-state index contributed by atoms with van der Waals surface area (Å²) in [5.41, 5.74) is 4.57. The van der Waals surface area contributed by atoms with E-state index in [9.17, 15) is 4.79 Å². The standard InChI is InChI=1S/C15H18O/c1-15(2,3)10-4-5-11-9(6-10)7-12-13(8-16)14(11)12/h4-6,8,12-14H,7H2,1-3H3/t12-,13+,14-/m1/s1. The van der Waals surface area contributed by atoms with Gasteiger partial charge in [-0.1, -0.05) is 39.0 Å². The normalized spacial score (nSPS) is 30.8. The fourth-order valence-corrected chi connectivity index (χ4v) is 3.12. The predicted molar refractivity (Wildman–Crippen MR) is 64.6 cm³/mol. The molecule has 3 rings (SSSR count). The van der Waals surface area contributed by atoms with Crippen LogP contribution in [0.1, 0.15) is 43.4 Å². The van der Waals surface area contributed by atoms with E-state index in [0.29, 0.717) is 17.8 Å². The number of carbonyl (C=O) groups is 1. The zero-order chi connectivity index (χ0) is 11.5. The van der Waals surface area contributed by atoms with Gasteiger partial charge in [-0.05, 0) is 40.4 Å². The van der Waals surface area contributed by atoms with Gasteiger partial charge in [0.25, 0.3) is 0 Å². The van der Waals surface area contributed by atoms with E-state index in [1.807, 2.05) is 0 Å². The zero-order valence-electron chi connectivity index (χ0n) is 10.2. The summed E-state index contributed by atoms with van der Waals surface area (Å²) in [6, 6.07) is 6.84. The minimum Gasteiger partial charge on any atom is -0.303 e. The molecule has 3 atom stereocenters. The van der Waals surface area contributed by atoms with E-state index >= 15 is 0 Å². The third kappa shape index (κ3) is 1.27. The number of hydrogen-bond donors (Lipinski definition) is 0. The molecule has 1 aromatic carbocycles. The average molecular weight is 214 g/mol. The van der Waals surface area contributed by atoms with E-state index in [4.69, 9.17) is 0 Å². The van der Waals surface area contributed by atoms with E-state index in [-0.39, 0.29) is 5.41 Å². The van der Waals surface area contributed by atoms with Crippen LogP contribution in [0.2, 0.25) is 0 Å². The van der Waals surface area contributed by atoms with Gasteiger partial charge in [-0.25, -0.2) is 0 Å². The molecule has 16 heavy (non-hydrogen) atoms. The predicted octanol–water partition coefficient (Wildman–Crippen LogP) is 3.07. The highest BCUT2D eigenvalue weighted by Crippen LogP contribution is 2.60. The molecule has 2 aliphatic rings. The van der Waals surface area contributed by atoms with E-state index in [2.05, 4.69) is 39.0 Å². The van der Waals surface area contributed by atoms with Gasteiger partial charge >= 0.3 is 0 Å². The van der Waals surface area contributed by atoms with Crippen molar-refractivity contribution in [1.82, 2.24) is 0 Å². The molecule has 1 heteroatoms. The smallest absolute Gasteiger partial charge is 0.124 e. The average Bonchev–Trinajstić information content (AvgIpc) is 2.77. The van der Waals surface area contributed by atoms with E-state index in [0.717, 1.165) is 12.7 Å². The molecule has 0 unspecified atom stereocenters. The summed E-state index contributed by atoms with van der Waals surface area (Å²) in [5.74, 6) is 1.51. The molecule has 0 bridgehead atoms. The van der Waals surface area contributed by atoms with Crippen molar-refractivity contribution in [1.29, 1.82) is 0 Å². The molecule has 0 N–H and O–H groups in total. The Bertz CT molecular complexity index is 453. The first-order valence-electron chi connectivity index (χ1n) is 6.11. The number of aldehydes is 1. The van der Waals surface area contributed by atoms with Gasteiger partial charge in [-0.2, -0.15) is 0 Å². The Morgan fingerprint density at radius 2 is 2.06 bits per heavy atom. The van der Waals surface area contributed by atoms with Crippen LogP contribution >= 0.6 is 0 Å². The SMILES string of the molecule is CC(C)(C)c1ccc2c(c1)C[C@@H]1[C@H](C=O)[C@H]21. The summed E-state index contributed by atoms with van der Waals surface area (Å²) < 4.78 is 0. The molecule has 0 radical (unpaired) electrons. The molecular weight excluding hydrogens is 196 g/mol. The van der Waals surface area contributed by atoms with Crippen molar-refractivity contribution in [3.05, 3.63) is 34.9 Å². The van der Waals surface area contributed by atoms with Gasteiger partial charge in [0, 0.05) is 5.92 Å². The minimum atomic E-state index is 0.228. The first kappa shape index (κ1) is 10.1. The highest BCUT2D eigenvalue weighted by atomic mass is 16.1. The zero-order valence-corrected chi connectivity index (χ0v) is 10.2. The van der Waals surface area contributed by atoms with Crippen molar-refractivity contribution in [3.63, 3.8) is 0 Å². The van der Waals surface area contributed by atoms with Gasteiger partial charge in [0.1, 0.15) is 6.29 Å². The van der Waals surface area contributed by atoms with Crippen LogP contribution in [0.4, 0.5) is 0 Å². The van der Waals surface area contributed by atoms with Crippen LogP contribution in [-0.4, -0.2) is 6.29 Å². The summed E-state index contributed by atoms with van der Waals surface area (Å²) in [4.78, 5) is 10.8. The van der Waals surface area contributed by atoms with Crippen molar-refractivity contribution in [2.24, 2.45) is 11.8 Å². The minimum absolute atomic E-state index is 0.228. The quantitative estimate of drug-likeness (QED) is 0.657. The number of hydrogen-bond acceptors (Lipinski definition) is 1. The highest BCUT2D eigenvalue weighted by molar-refractivity contribution is 5.66. The third-order valence-electron chi connectivity index (χ3n) is 4.21. The summed E-state index contributed by atoms with van der Waals surface area (Å²) in [7, 11) is 0. The van der Waals surface area contributed by atoms with Gasteiger partial charge in [0.05, 0.1) is 0 Å². The van der Waals surface area contributed by atoms with Crippen molar-refractivity contribution in [2.75, 3.05) is 0 Å². The lowest BCUT2D eigenvalue weighted by molar-refractivity contribution is -0.109. The molecular formula is C15H18O. The van der Waals surface area contributed by atoms with E-state index in [1.165, 1.54) is 16.7 Å². The molecule has 0 aromatic heterocycles. The Morgan fingerprint density at radius 3 is 2.69 bits per heavy atom. The molecule has 84 valence electrons. The van der Waals surface area contributed by atoms with Gasteiger partial charge in [0.15, 0.2) is 0 Å². The van der Waals surface area contributed by atoms with Crippen LogP contribution in [0, 0.1) is 11.8 Å². The van der Waals surface area contributed by atoms with Gasteiger partial charge < -0.3 is 4.79 Å². The molecule has 1 fully saturated rings. The second-order valence-electron chi connectivity index (χ2n) is 6.27. The van der Waals surface area contributed by atoms with Gasteiger partial charge in [-0.3, -0.25) is 0 Å². The summed E-state index contributed by atoms with van der Waals surface area (Å²) in [6.45, 7) is 6.75. The first-order chi connectivity index (χ1) is 7.52. The van der Waals surface area contributed by atoms with Gasteiger partial charge in [-0.15, -0.1) is 0 Å². The lowest BCUT2D eigenvalue weighted by Gasteiger charge is -2.20. The number of carbonyl (C=O) groups excluding carboxylic acids is 1. The Balaban J connectivity index is 1.97. The first-order valence-corrected chi connectivity index (χ1v) is 6.11. The van der Waals surface area contributed by atoms with Crippen molar-refractivity contribution < 1.29 is 4.79 Å².